The lowest BCUT2D eigenvalue weighted by molar-refractivity contribution is -0.128. The summed E-state index contributed by atoms with van der Waals surface area (Å²) >= 11 is 0. The number of esters is 1. The minimum absolute atomic E-state index is 0.464. The lowest BCUT2D eigenvalue weighted by Crippen LogP contribution is -2.03. The average Bonchev–Trinajstić information content (AvgIpc) is 2.79. The van der Waals surface area contributed by atoms with Crippen molar-refractivity contribution in [3.63, 3.8) is 0 Å². The number of hydrogen-bond acceptors (Lipinski definition) is 5. The van der Waals surface area contributed by atoms with Crippen LogP contribution in [0.4, 0.5) is 5.69 Å². The molecular weight excluding hydrogens is 390 g/mol. The standard InChI is InChI=1S/C26H25NO4/c1-18-6-5-7-23(19(18)2)27-17-21-8-12-22(13-9-21)31-26(28)15-11-20-10-14-24(29-3)25(16-20)30-4/h5-17H,1-4H3/b15-11+,27-17?. The molecule has 3 aromatic carbocycles. The van der Waals surface area contributed by atoms with Crippen LogP contribution in [0.5, 0.6) is 17.2 Å². The van der Waals surface area contributed by atoms with Crippen LogP contribution in [-0.2, 0) is 4.79 Å². The summed E-state index contributed by atoms with van der Waals surface area (Å²) in [4.78, 5) is 16.7. The molecule has 0 aliphatic carbocycles. The molecule has 0 aliphatic rings. The van der Waals surface area contributed by atoms with Gasteiger partial charge in [-0.2, -0.15) is 0 Å². The molecule has 0 saturated heterocycles. The van der Waals surface area contributed by atoms with Crippen molar-refractivity contribution < 1.29 is 19.0 Å². The largest absolute Gasteiger partial charge is 0.493 e. The number of carbonyl (C=O) groups is 1. The van der Waals surface area contributed by atoms with Crippen molar-refractivity contribution in [2.24, 2.45) is 4.99 Å². The predicted octanol–water partition coefficient (Wildman–Crippen LogP) is 5.69. The molecule has 31 heavy (non-hydrogen) atoms. The van der Waals surface area contributed by atoms with Gasteiger partial charge in [0.2, 0.25) is 0 Å². The molecule has 5 heteroatoms. The van der Waals surface area contributed by atoms with Crippen molar-refractivity contribution in [1.29, 1.82) is 0 Å². The Labute approximate surface area is 182 Å². The molecule has 3 rings (SSSR count). The summed E-state index contributed by atoms with van der Waals surface area (Å²) < 4.78 is 15.8. The Bertz CT molecular complexity index is 1110. The fourth-order valence-electron chi connectivity index (χ4n) is 2.91. The number of ether oxygens (including phenoxy) is 3. The van der Waals surface area contributed by atoms with Gasteiger partial charge < -0.3 is 14.2 Å². The van der Waals surface area contributed by atoms with Crippen molar-refractivity contribution in [3.05, 3.63) is 89.0 Å². The van der Waals surface area contributed by atoms with Crippen LogP contribution < -0.4 is 14.2 Å². The van der Waals surface area contributed by atoms with Gasteiger partial charge in [-0.05, 0) is 84.6 Å². The van der Waals surface area contributed by atoms with Crippen LogP contribution in [0.2, 0.25) is 0 Å². The first-order valence-corrected chi connectivity index (χ1v) is 9.82. The summed E-state index contributed by atoms with van der Waals surface area (Å²) in [5.74, 6) is 1.22. The molecule has 0 fully saturated rings. The molecule has 0 N–H and O–H groups in total. The van der Waals surface area contributed by atoms with E-state index in [0.29, 0.717) is 17.2 Å². The maximum atomic E-state index is 12.1. The first-order valence-electron chi connectivity index (χ1n) is 9.82. The fourth-order valence-corrected chi connectivity index (χ4v) is 2.91. The summed E-state index contributed by atoms with van der Waals surface area (Å²) in [5.41, 5.74) is 5.02. The molecular formula is C26H25NO4. The van der Waals surface area contributed by atoms with Crippen LogP contribution in [0.1, 0.15) is 22.3 Å². The zero-order valence-electron chi connectivity index (χ0n) is 18.1. The van der Waals surface area contributed by atoms with Crippen LogP contribution in [0.15, 0.2) is 71.7 Å². The van der Waals surface area contributed by atoms with Crippen molar-refractivity contribution >= 4 is 23.9 Å². The highest BCUT2D eigenvalue weighted by Gasteiger charge is 2.05. The zero-order valence-corrected chi connectivity index (χ0v) is 18.1. The van der Waals surface area contributed by atoms with Crippen LogP contribution in [0.3, 0.4) is 0 Å². The Morgan fingerprint density at radius 2 is 1.58 bits per heavy atom. The van der Waals surface area contributed by atoms with Crippen molar-refractivity contribution in [1.82, 2.24) is 0 Å². The Balaban J connectivity index is 1.61. The molecule has 0 heterocycles. The Morgan fingerprint density at radius 3 is 2.29 bits per heavy atom. The Morgan fingerprint density at radius 1 is 0.871 bits per heavy atom. The van der Waals surface area contributed by atoms with E-state index in [1.165, 1.54) is 11.6 Å². The molecule has 0 saturated carbocycles. The number of hydrogen-bond donors (Lipinski definition) is 0. The number of carbonyl (C=O) groups excluding carboxylic acids is 1. The second-order valence-corrected chi connectivity index (χ2v) is 6.92. The maximum Gasteiger partial charge on any atom is 0.336 e. The highest BCUT2D eigenvalue weighted by Crippen LogP contribution is 2.28. The van der Waals surface area contributed by atoms with Crippen LogP contribution in [-0.4, -0.2) is 26.4 Å². The molecule has 158 valence electrons. The van der Waals surface area contributed by atoms with Crippen molar-refractivity contribution in [2.45, 2.75) is 13.8 Å². The second-order valence-electron chi connectivity index (χ2n) is 6.92. The zero-order chi connectivity index (χ0) is 22.2. The van der Waals surface area contributed by atoms with Crippen LogP contribution >= 0.6 is 0 Å². The molecule has 0 amide bonds. The minimum Gasteiger partial charge on any atom is -0.493 e. The highest BCUT2D eigenvalue weighted by molar-refractivity contribution is 5.89. The van der Waals surface area contributed by atoms with Gasteiger partial charge in [0.15, 0.2) is 11.5 Å². The number of aryl methyl sites for hydroxylation is 1. The van der Waals surface area contributed by atoms with Gasteiger partial charge in [-0.25, -0.2) is 4.79 Å². The van der Waals surface area contributed by atoms with Crippen LogP contribution in [0.25, 0.3) is 6.08 Å². The summed E-state index contributed by atoms with van der Waals surface area (Å²) in [6.45, 7) is 4.12. The fraction of sp³-hybridized carbons (Fsp3) is 0.154. The third kappa shape index (κ3) is 5.82. The number of benzene rings is 3. The van der Waals surface area contributed by atoms with Crippen LogP contribution in [0, 0.1) is 13.8 Å². The number of rotatable bonds is 7. The van der Waals surface area contributed by atoms with E-state index in [0.717, 1.165) is 22.4 Å². The first kappa shape index (κ1) is 21.8. The Kier molecular flexibility index (Phi) is 7.22. The molecule has 3 aromatic rings. The molecule has 0 unspecified atom stereocenters. The topological polar surface area (TPSA) is 57.1 Å². The Hall–Kier alpha value is -3.86. The summed E-state index contributed by atoms with van der Waals surface area (Å²) in [6.07, 6.45) is 4.83. The highest BCUT2D eigenvalue weighted by atomic mass is 16.5. The van der Waals surface area contributed by atoms with E-state index in [1.807, 2.05) is 30.3 Å². The van der Waals surface area contributed by atoms with E-state index in [4.69, 9.17) is 14.2 Å². The van der Waals surface area contributed by atoms with E-state index in [1.54, 1.807) is 50.8 Å². The molecule has 0 aliphatic heterocycles. The van der Waals surface area contributed by atoms with E-state index in [2.05, 4.69) is 24.9 Å². The third-order valence-corrected chi connectivity index (χ3v) is 4.85. The first-order chi connectivity index (χ1) is 15.0. The summed E-state index contributed by atoms with van der Waals surface area (Å²) in [5, 5.41) is 0. The SMILES string of the molecule is COc1ccc(/C=C/C(=O)Oc2ccc(C=Nc3cccc(C)c3C)cc2)cc1OC. The van der Waals surface area contributed by atoms with E-state index >= 15 is 0 Å². The van der Waals surface area contributed by atoms with Gasteiger partial charge in [0.25, 0.3) is 0 Å². The summed E-state index contributed by atoms with van der Waals surface area (Å²) in [7, 11) is 3.14. The van der Waals surface area contributed by atoms with Gasteiger partial charge in [0.05, 0.1) is 19.9 Å². The van der Waals surface area contributed by atoms with Gasteiger partial charge in [-0.1, -0.05) is 18.2 Å². The smallest absolute Gasteiger partial charge is 0.336 e. The van der Waals surface area contributed by atoms with Gasteiger partial charge in [0, 0.05) is 12.3 Å². The van der Waals surface area contributed by atoms with Crippen molar-refractivity contribution in [3.8, 4) is 17.2 Å². The number of methoxy groups -OCH3 is 2. The summed E-state index contributed by atoms with van der Waals surface area (Å²) in [6, 6.07) is 18.6. The van der Waals surface area contributed by atoms with E-state index in [9.17, 15) is 4.79 Å². The normalized spacial score (nSPS) is 11.1. The lowest BCUT2D eigenvalue weighted by atomic mass is 10.1. The minimum atomic E-state index is -0.466. The molecule has 0 spiro atoms. The molecule has 0 bridgehead atoms. The third-order valence-electron chi connectivity index (χ3n) is 4.85. The lowest BCUT2D eigenvalue weighted by Gasteiger charge is -2.07. The van der Waals surface area contributed by atoms with E-state index < -0.39 is 5.97 Å². The maximum absolute atomic E-state index is 12.1. The average molecular weight is 415 g/mol. The van der Waals surface area contributed by atoms with Crippen molar-refractivity contribution in [2.75, 3.05) is 14.2 Å². The van der Waals surface area contributed by atoms with Gasteiger partial charge >= 0.3 is 5.97 Å². The van der Waals surface area contributed by atoms with E-state index in [-0.39, 0.29) is 0 Å². The monoisotopic (exact) mass is 415 g/mol. The van der Waals surface area contributed by atoms with Gasteiger partial charge in [-0.15, -0.1) is 0 Å². The number of nitrogens with zero attached hydrogens (tertiary/aromatic N) is 1. The molecule has 0 atom stereocenters. The predicted molar refractivity (Wildman–Crippen MR) is 124 cm³/mol. The second kappa shape index (κ2) is 10.3. The number of aliphatic imine (C=N–C) groups is 1. The molecule has 0 aromatic heterocycles. The molecule has 5 nitrogen and oxygen atoms in total. The van der Waals surface area contributed by atoms with Gasteiger partial charge in [0.1, 0.15) is 5.75 Å². The van der Waals surface area contributed by atoms with Gasteiger partial charge in [-0.3, -0.25) is 4.99 Å². The quantitative estimate of drug-likeness (QED) is 0.215. The molecule has 0 radical (unpaired) electrons.